The third kappa shape index (κ3) is 2.86. The molecule has 0 spiro atoms. The van der Waals surface area contributed by atoms with Gasteiger partial charge in [0.05, 0.1) is 6.20 Å². The van der Waals surface area contributed by atoms with Crippen molar-refractivity contribution < 1.29 is 13.2 Å². The fourth-order valence-electron chi connectivity index (χ4n) is 1.08. The topological polar surface area (TPSA) is 63.6 Å². The lowest BCUT2D eigenvalue weighted by atomic mass is 10.4. The molecule has 0 fully saturated rings. The van der Waals surface area contributed by atoms with Gasteiger partial charge in [0.25, 0.3) is 0 Å². The lowest BCUT2D eigenvalue weighted by Crippen LogP contribution is -2.09. The maximum Gasteiger partial charge on any atom is 0.433 e. The predicted octanol–water partition coefficient (Wildman–Crippen LogP) is 2.03. The minimum Gasteiger partial charge on any atom is -0.324 e. The smallest absolute Gasteiger partial charge is 0.324 e. The number of halogens is 3. The van der Waals surface area contributed by atoms with Crippen molar-refractivity contribution in [1.29, 1.82) is 0 Å². The van der Waals surface area contributed by atoms with E-state index >= 15 is 0 Å². The zero-order valence-electron chi connectivity index (χ0n) is 8.31. The monoisotopic (exact) mass is 241 g/mol. The van der Waals surface area contributed by atoms with Crippen molar-refractivity contribution in [3.05, 3.63) is 36.7 Å². The molecule has 8 heteroatoms. The van der Waals surface area contributed by atoms with Gasteiger partial charge >= 0.3 is 6.18 Å². The van der Waals surface area contributed by atoms with Crippen molar-refractivity contribution in [2.75, 3.05) is 5.32 Å². The molecule has 0 aliphatic carbocycles. The Balaban J connectivity index is 2.23. The zero-order chi connectivity index (χ0) is 12.3. The van der Waals surface area contributed by atoms with Crippen LogP contribution in [0.1, 0.15) is 5.69 Å². The van der Waals surface area contributed by atoms with Gasteiger partial charge in [0.15, 0.2) is 0 Å². The predicted molar refractivity (Wildman–Crippen MR) is 52.3 cm³/mol. The number of nitrogens with one attached hydrogen (secondary N) is 1. The van der Waals surface area contributed by atoms with Crippen LogP contribution in [0.2, 0.25) is 0 Å². The minimum absolute atomic E-state index is 0.00725. The van der Waals surface area contributed by atoms with Gasteiger partial charge in [0, 0.05) is 18.5 Å². The zero-order valence-corrected chi connectivity index (χ0v) is 8.31. The molecule has 0 amide bonds. The van der Waals surface area contributed by atoms with Crippen molar-refractivity contribution in [2.45, 2.75) is 6.18 Å². The van der Waals surface area contributed by atoms with Crippen LogP contribution in [0.15, 0.2) is 31.0 Å². The van der Waals surface area contributed by atoms with Crippen LogP contribution in [0.5, 0.6) is 0 Å². The molecule has 0 radical (unpaired) electrons. The van der Waals surface area contributed by atoms with Crippen molar-refractivity contribution >= 4 is 11.6 Å². The van der Waals surface area contributed by atoms with Crippen molar-refractivity contribution in [1.82, 2.24) is 19.9 Å². The maximum atomic E-state index is 12.4. The summed E-state index contributed by atoms with van der Waals surface area (Å²) < 4.78 is 37.1. The van der Waals surface area contributed by atoms with Crippen LogP contribution in [0.3, 0.4) is 0 Å². The normalized spacial score (nSPS) is 11.2. The van der Waals surface area contributed by atoms with Crippen molar-refractivity contribution in [2.24, 2.45) is 0 Å². The highest BCUT2D eigenvalue weighted by Crippen LogP contribution is 2.28. The van der Waals surface area contributed by atoms with Crippen LogP contribution in [-0.2, 0) is 6.18 Å². The van der Waals surface area contributed by atoms with E-state index in [1.54, 1.807) is 0 Å². The number of hydrogen-bond acceptors (Lipinski definition) is 5. The van der Waals surface area contributed by atoms with Gasteiger partial charge in [-0.25, -0.2) is 15.0 Å². The van der Waals surface area contributed by atoms with Crippen LogP contribution in [0, 0.1) is 0 Å². The summed E-state index contributed by atoms with van der Waals surface area (Å²) in [6, 6.07) is 0.800. The Morgan fingerprint density at radius 3 is 2.47 bits per heavy atom. The van der Waals surface area contributed by atoms with Gasteiger partial charge in [-0.2, -0.15) is 13.2 Å². The van der Waals surface area contributed by atoms with E-state index in [1.165, 1.54) is 18.6 Å². The molecule has 2 heterocycles. The molecule has 0 atom stereocenters. The second-order valence-corrected chi connectivity index (χ2v) is 3.00. The molecule has 0 bridgehead atoms. The highest BCUT2D eigenvalue weighted by molar-refractivity contribution is 5.50. The molecular weight excluding hydrogens is 235 g/mol. The molecule has 0 saturated carbocycles. The number of hydrogen-bond donors (Lipinski definition) is 1. The fraction of sp³-hybridized carbons (Fsp3) is 0.111. The Morgan fingerprint density at radius 2 is 1.82 bits per heavy atom. The van der Waals surface area contributed by atoms with E-state index in [4.69, 9.17) is 0 Å². The molecule has 2 aromatic heterocycles. The molecular formula is C9H6F3N5. The molecule has 17 heavy (non-hydrogen) atoms. The first-order chi connectivity index (χ1) is 8.05. The van der Waals surface area contributed by atoms with Gasteiger partial charge in [0.1, 0.15) is 23.7 Å². The van der Waals surface area contributed by atoms with Gasteiger partial charge in [0.2, 0.25) is 0 Å². The fourth-order valence-corrected chi connectivity index (χ4v) is 1.08. The maximum absolute atomic E-state index is 12.4. The van der Waals surface area contributed by atoms with Gasteiger partial charge in [-0.15, -0.1) is 0 Å². The Hall–Kier alpha value is -2.25. The third-order valence-corrected chi connectivity index (χ3v) is 1.78. The summed E-state index contributed by atoms with van der Waals surface area (Å²) in [5.41, 5.74) is -1.01. The Bertz CT molecular complexity index is 499. The summed E-state index contributed by atoms with van der Waals surface area (Å²) in [4.78, 5) is 14.4. The standard InChI is InChI=1S/C9H6F3N5/c10-9(11,12)6-3-7(16-5-15-6)17-8-4-13-1-2-14-8/h1-5H,(H,14,15,16,17). The second kappa shape index (κ2) is 4.32. The van der Waals surface area contributed by atoms with Gasteiger partial charge in [-0.05, 0) is 0 Å². The first kappa shape index (κ1) is 11.2. The molecule has 2 aromatic rings. The number of anilines is 2. The first-order valence-corrected chi connectivity index (χ1v) is 4.48. The van der Waals surface area contributed by atoms with E-state index < -0.39 is 11.9 Å². The Kier molecular flexibility index (Phi) is 2.86. The molecule has 0 saturated heterocycles. The van der Waals surface area contributed by atoms with Crippen LogP contribution < -0.4 is 5.32 Å². The van der Waals surface area contributed by atoms with Crippen LogP contribution in [0.25, 0.3) is 0 Å². The lowest BCUT2D eigenvalue weighted by molar-refractivity contribution is -0.141. The van der Waals surface area contributed by atoms with Gasteiger partial charge in [-0.3, -0.25) is 4.98 Å². The first-order valence-electron chi connectivity index (χ1n) is 4.48. The lowest BCUT2D eigenvalue weighted by Gasteiger charge is -2.07. The van der Waals surface area contributed by atoms with E-state index in [1.807, 2.05) is 0 Å². The van der Waals surface area contributed by atoms with Crippen LogP contribution in [-0.4, -0.2) is 19.9 Å². The van der Waals surface area contributed by atoms with Gasteiger partial charge < -0.3 is 5.32 Å². The number of aromatic nitrogens is 4. The molecule has 88 valence electrons. The van der Waals surface area contributed by atoms with Crippen molar-refractivity contribution in [3.63, 3.8) is 0 Å². The summed E-state index contributed by atoms with van der Waals surface area (Å²) >= 11 is 0. The molecule has 0 aromatic carbocycles. The van der Waals surface area contributed by atoms with E-state index in [-0.39, 0.29) is 5.82 Å². The highest BCUT2D eigenvalue weighted by Gasteiger charge is 2.32. The van der Waals surface area contributed by atoms with E-state index in [0.717, 1.165) is 12.4 Å². The number of nitrogens with zero attached hydrogens (tertiary/aromatic N) is 4. The summed E-state index contributed by atoms with van der Waals surface area (Å²) in [6.07, 6.45) is 0.569. The van der Waals surface area contributed by atoms with Crippen molar-refractivity contribution in [3.8, 4) is 0 Å². The van der Waals surface area contributed by atoms with E-state index in [0.29, 0.717) is 5.82 Å². The summed E-state index contributed by atoms with van der Waals surface area (Å²) in [5.74, 6) is 0.312. The Labute approximate surface area is 93.8 Å². The molecule has 5 nitrogen and oxygen atoms in total. The average molecular weight is 241 g/mol. The SMILES string of the molecule is FC(F)(F)c1cc(Nc2cnccn2)ncn1. The second-order valence-electron chi connectivity index (χ2n) is 3.00. The molecule has 0 aliphatic heterocycles. The number of alkyl halides is 3. The molecule has 0 unspecified atom stereocenters. The number of rotatable bonds is 2. The molecule has 1 N–H and O–H groups in total. The average Bonchev–Trinajstić information content (AvgIpc) is 2.29. The quantitative estimate of drug-likeness (QED) is 0.871. The van der Waals surface area contributed by atoms with E-state index in [2.05, 4.69) is 25.3 Å². The summed E-state index contributed by atoms with van der Waals surface area (Å²) in [5, 5.41) is 2.59. The summed E-state index contributed by atoms with van der Waals surface area (Å²) in [6.45, 7) is 0. The Morgan fingerprint density at radius 1 is 1.00 bits per heavy atom. The van der Waals surface area contributed by atoms with Crippen LogP contribution >= 0.6 is 0 Å². The molecule has 2 rings (SSSR count). The summed E-state index contributed by atoms with van der Waals surface area (Å²) in [7, 11) is 0. The van der Waals surface area contributed by atoms with E-state index in [9.17, 15) is 13.2 Å². The van der Waals surface area contributed by atoms with Gasteiger partial charge in [-0.1, -0.05) is 0 Å². The third-order valence-electron chi connectivity index (χ3n) is 1.78. The highest BCUT2D eigenvalue weighted by atomic mass is 19.4. The largest absolute Gasteiger partial charge is 0.433 e. The molecule has 0 aliphatic rings. The minimum atomic E-state index is -4.50. The van der Waals surface area contributed by atoms with Crippen LogP contribution in [0.4, 0.5) is 24.8 Å².